The molecule has 2 aromatic carbocycles. The molecule has 1 unspecified atom stereocenters. The second-order valence-corrected chi connectivity index (χ2v) is 5.98. The summed E-state index contributed by atoms with van der Waals surface area (Å²) in [5, 5.41) is 0.312. The van der Waals surface area contributed by atoms with Crippen LogP contribution in [0.5, 0.6) is 5.75 Å². The lowest BCUT2D eigenvalue weighted by molar-refractivity contribution is 0.415. The number of hydrogen-bond donors (Lipinski definition) is 0. The molecule has 0 heterocycles. The van der Waals surface area contributed by atoms with Crippen molar-refractivity contribution in [3.05, 3.63) is 62.6 Å². The minimum Gasteiger partial charge on any atom is -0.495 e. The van der Waals surface area contributed by atoms with Crippen LogP contribution in [0.25, 0.3) is 0 Å². The Morgan fingerprint density at radius 3 is 2.47 bits per heavy atom. The van der Waals surface area contributed by atoms with Crippen LogP contribution in [0.4, 0.5) is 0 Å². The zero-order valence-electron chi connectivity index (χ0n) is 10.6. The zero-order valence-corrected chi connectivity index (χ0v) is 13.7. The second kappa shape index (κ2) is 6.17. The molecule has 0 fully saturated rings. The second-order valence-electron chi connectivity index (χ2n) is 4.28. The lowest BCUT2D eigenvalue weighted by Gasteiger charge is -2.14. The lowest BCUT2D eigenvalue weighted by Crippen LogP contribution is -1.96. The molecule has 100 valence electrons. The van der Waals surface area contributed by atoms with E-state index in [4.69, 9.17) is 27.9 Å². The van der Waals surface area contributed by atoms with E-state index in [0.29, 0.717) is 10.8 Å². The minimum absolute atomic E-state index is 0.251. The molecule has 2 rings (SSSR count). The molecule has 1 atom stereocenters. The van der Waals surface area contributed by atoms with Crippen molar-refractivity contribution in [1.29, 1.82) is 0 Å². The number of rotatable bonds is 3. The van der Waals surface area contributed by atoms with E-state index in [1.807, 2.05) is 37.3 Å². The number of hydrogen-bond acceptors (Lipinski definition) is 1. The van der Waals surface area contributed by atoms with Gasteiger partial charge < -0.3 is 4.74 Å². The largest absolute Gasteiger partial charge is 0.495 e. The zero-order chi connectivity index (χ0) is 14.0. The van der Waals surface area contributed by atoms with Gasteiger partial charge in [-0.2, -0.15) is 0 Å². The maximum absolute atomic E-state index is 6.53. The fourth-order valence-electron chi connectivity index (χ4n) is 1.86. The molecule has 1 nitrogen and oxygen atoms in total. The van der Waals surface area contributed by atoms with Crippen molar-refractivity contribution >= 4 is 39.1 Å². The quantitative estimate of drug-likeness (QED) is 0.634. The van der Waals surface area contributed by atoms with Gasteiger partial charge in [0.25, 0.3) is 0 Å². The predicted molar refractivity (Wildman–Crippen MR) is 84.6 cm³/mol. The van der Waals surface area contributed by atoms with E-state index in [9.17, 15) is 0 Å². The Balaban J connectivity index is 2.38. The molecule has 0 amide bonds. The van der Waals surface area contributed by atoms with Crippen molar-refractivity contribution in [3.63, 3.8) is 0 Å². The van der Waals surface area contributed by atoms with Gasteiger partial charge in [-0.05, 0) is 41.8 Å². The molecule has 0 saturated carbocycles. The summed E-state index contributed by atoms with van der Waals surface area (Å²) in [6.45, 7) is 2.04. The molecule has 0 spiro atoms. The van der Waals surface area contributed by atoms with E-state index in [1.165, 1.54) is 5.56 Å². The third-order valence-electron chi connectivity index (χ3n) is 2.90. The summed E-state index contributed by atoms with van der Waals surface area (Å²) in [5.41, 5.74) is 3.15. The van der Waals surface area contributed by atoms with Gasteiger partial charge >= 0.3 is 0 Å². The van der Waals surface area contributed by atoms with Gasteiger partial charge in [0.1, 0.15) is 5.75 Å². The summed E-state index contributed by atoms with van der Waals surface area (Å²) < 4.78 is 6.14. The molecule has 0 aliphatic carbocycles. The molecule has 0 bridgehead atoms. The van der Waals surface area contributed by atoms with E-state index in [0.717, 1.165) is 15.6 Å². The molecule has 0 saturated heterocycles. The first-order chi connectivity index (χ1) is 9.02. The number of ether oxygens (including phenoxy) is 1. The van der Waals surface area contributed by atoms with Crippen LogP contribution >= 0.6 is 39.1 Å². The van der Waals surface area contributed by atoms with Crippen molar-refractivity contribution in [2.45, 2.75) is 12.3 Å². The van der Waals surface area contributed by atoms with Gasteiger partial charge in [0, 0.05) is 4.47 Å². The predicted octanol–water partition coefficient (Wildman–Crippen LogP) is 5.75. The fourth-order valence-corrected chi connectivity index (χ4v) is 3.30. The number of aryl methyl sites for hydroxylation is 1. The highest BCUT2D eigenvalue weighted by atomic mass is 79.9. The van der Waals surface area contributed by atoms with Crippen molar-refractivity contribution in [2.24, 2.45) is 0 Å². The highest BCUT2D eigenvalue weighted by Gasteiger charge is 2.15. The highest BCUT2D eigenvalue weighted by Crippen LogP contribution is 2.37. The first kappa shape index (κ1) is 14.7. The van der Waals surface area contributed by atoms with Crippen molar-refractivity contribution in [1.82, 2.24) is 0 Å². The summed E-state index contributed by atoms with van der Waals surface area (Å²) in [6.07, 6.45) is 0. The molecule has 0 aliphatic heterocycles. The van der Waals surface area contributed by atoms with Gasteiger partial charge in [-0.25, -0.2) is 0 Å². The third kappa shape index (κ3) is 3.25. The van der Waals surface area contributed by atoms with E-state index in [1.54, 1.807) is 7.11 Å². The van der Waals surface area contributed by atoms with Gasteiger partial charge in [-0.1, -0.05) is 45.7 Å². The summed E-state index contributed by atoms with van der Waals surface area (Å²) in [6, 6.07) is 11.7. The van der Waals surface area contributed by atoms with Crippen LogP contribution in [0, 0.1) is 6.92 Å². The molecule has 0 N–H and O–H groups in total. The lowest BCUT2D eigenvalue weighted by atomic mass is 10.0. The SMILES string of the molecule is COc1ccc(C(Cl)c2ccc(C)cc2Br)cc1Cl. The fraction of sp³-hybridized carbons (Fsp3) is 0.200. The summed E-state index contributed by atoms with van der Waals surface area (Å²) in [4.78, 5) is 0. The van der Waals surface area contributed by atoms with Gasteiger partial charge in [0.2, 0.25) is 0 Å². The van der Waals surface area contributed by atoms with Gasteiger partial charge in [0.05, 0.1) is 17.5 Å². The minimum atomic E-state index is -0.251. The van der Waals surface area contributed by atoms with Crippen LogP contribution in [-0.4, -0.2) is 7.11 Å². The van der Waals surface area contributed by atoms with E-state index < -0.39 is 0 Å². The average molecular weight is 360 g/mol. The van der Waals surface area contributed by atoms with E-state index in [-0.39, 0.29) is 5.38 Å². The maximum Gasteiger partial charge on any atom is 0.137 e. The van der Waals surface area contributed by atoms with Crippen LogP contribution in [0.1, 0.15) is 22.1 Å². The Labute approximate surface area is 131 Å². The number of alkyl halides is 1. The van der Waals surface area contributed by atoms with Crippen LogP contribution in [0.3, 0.4) is 0 Å². The monoisotopic (exact) mass is 358 g/mol. The molecule has 0 aliphatic rings. The van der Waals surface area contributed by atoms with Crippen LogP contribution in [0.15, 0.2) is 40.9 Å². The Kier molecular flexibility index (Phi) is 4.77. The van der Waals surface area contributed by atoms with Crippen LogP contribution < -0.4 is 4.74 Å². The Bertz CT molecular complexity index is 599. The Morgan fingerprint density at radius 2 is 1.89 bits per heavy atom. The van der Waals surface area contributed by atoms with Crippen molar-refractivity contribution < 1.29 is 4.74 Å². The van der Waals surface area contributed by atoms with Crippen LogP contribution in [-0.2, 0) is 0 Å². The first-order valence-electron chi connectivity index (χ1n) is 5.76. The highest BCUT2D eigenvalue weighted by molar-refractivity contribution is 9.10. The molecule has 2 aromatic rings. The maximum atomic E-state index is 6.53. The van der Waals surface area contributed by atoms with E-state index in [2.05, 4.69) is 22.0 Å². The number of halogens is 3. The Morgan fingerprint density at radius 1 is 1.16 bits per heavy atom. The number of benzene rings is 2. The van der Waals surface area contributed by atoms with Crippen molar-refractivity contribution in [3.8, 4) is 5.75 Å². The Hall–Kier alpha value is -0.700. The third-order valence-corrected chi connectivity index (χ3v) is 4.37. The molecule has 4 heteroatoms. The standard InChI is InChI=1S/C15H13BrCl2O/c1-9-3-5-11(12(16)7-9)15(18)10-4-6-14(19-2)13(17)8-10/h3-8,15H,1-2H3. The van der Waals surface area contributed by atoms with Crippen LogP contribution in [0.2, 0.25) is 5.02 Å². The molecule has 0 aromatic heterocycles. The smallest absolute Gasteiger partial charge is 0.137 e. The topological polar surface area (TPSA) is 9.23 Å². The normalized spacial score (nSPS) is 12.3. The van der Waals surface area contributed by atoms with Gasteiger partial charge in [-0.3, -0.25) is 0 Å². The molecule has 0 radical (unpaired) electrons. The molecular formula is C15H13BrCl2O. The summed E-state index contributed by atoms with van der Waals surface area (Å²) in [7, 11) is 1.59. The summed E-state index contributed by atoms with van der Waals surface area (Å²) in [5.74, 6) is 0.650. The van der Waals surface area contributed by atoms with Crippen molar-refractivity contribution in [2.75, 3.05) is 7.11 Å². The number of methoxy groups -OCH3 is 1. The first-order valence-corrected chi connectivity index (χ1v) is 7.37. The van der Waals surface area contributed by atoms with E-state index >= 15 is 0 Å². The van der Waals surface area contributed by atoms with Gasteiger partial charge in [-0.15, -0.1) is 11.6 Å². The average Bonchev–Trinajstić information content (AvgIpc) is 2.38. The summed E-state index contributed by atoms with van der Waals surface area (Å²) >= 11 is 16.2. The molecular weight excluding hydrogens is 347 g/mol. The molecule has 19 heavy (non-hydrogen) atoms. The van der Waals surface area contributed by atoms with Gasteiger partial charge in [0.15, 0.2) is 0 Å².